The van der Waals surface area contributed by atoms with Gasteiger partial charge in [0.05, 0.1) is 60.9 Å². The molecule has 0 saturated carbocycles. The van der Waals surface area contributed by atoms with Gasteiger partial charge in [0.1, 0.15) is 89.7 Å². The van der Waals surface area contributed by atoms with Crippen LogP contribution in [0.4, 0.5) is 0 Å². The van der Waals surface area contributed by atoms with E-state index in [-0.39, 0.29) is 141 Å². The van der Waals surface area contributed by atoms with E-state index in [1.807, 2.05) is 76.2 Å². The summed E-state index contributed by atoms with van der Waals surface area (Å²) in [6.07, 6.45) is 16.4. The van der Waals surface area contributed by atoms with E-state index in [2.05, 4.69) is 76.1 Å². The van der Waals surface area contributed by atoms with Crippen LogP contribution in [0.25, 0.3) is 0 Å². The molecule has 0 heterocycles. The van der Waals surface area contributed by atoms with E-state index in [1.54, 1.807) is 48.5 Å². The second kappa shape index (κ2) is 66.2. The summed E-state index contributed by atoms with van der Waals surface area (Å²) in [6, 6.07) is 0. The highest BCUT2D eigenvalue weighted by Gasteiger charge is 2.53. The molecule has 0 aromatic carbocycles. The molecule has 27 nitrogen and oxygen atoms in total. The topological polar surface area (TPSA) is 342 Å². The Morgan fingerprint density at radius 3 is 0.762 bits per heavy atom. The van der Waals surface area contributed by atoms with Crippen molar-refractivity contribution in [1.29, 1.82) is 0 Å². The lowest BCUT2D eigenvalue weighted by Crippen LogP contribution is -3.00. The van der Waals surface area contributed by atoms with Crippen molar-refractivity contribution in [2.24, 2.45) is 27.4 Å². The SMILES string of the molecule is C=C(C)C(=O)OCCOC(=O)C(=C)C.C=C(C)C(=O)OCCOC(=O)C(C)(C)Cl.C=C(C)C(=O)OCCOC(=O)C(C)(C)[N+](CC)(CC)CC.CCCC(C)(CC(C)(CC(C)(CC)C(=O)OCCOC(=O)C(C)(C)[N+](CC)(CC)CC)C(=O)OCCOC(=O)C(C)(CC)CC)C(=O)OCCOC(=O)C(C)(C)N.CCCCCCCCCCCCS.[Cl-].[Cl-]. The number of carbonyl (C=O) groups is 12. The highest BCUT2D eigenvalue weighted by atomic mass is 35.5. The molecule has 2 N–H and O–H groups in total. The number of carbonyl (C=O) groups excluding carboxylic acids is 12. The maximum absolute atomic E-state index is 14.2. The number of nitrogens with two attached hydrogens (primary N) is 1. The van der Waals surface area contributed by atoms with Crippen LogP contribution in [0.2, 0.25) is 0 Å². The summed E-state index contributed by atoms with van der Waals surface area (Å²) >= 11 is 9.88. The minimum atomic E-state index is -1.44. The van der Waals surface area contributed by atoms with Crippen molar-refractivity contribution in [2.45, 2.75) is 318 Å². The van der Waals surface area contributed by atoms with Crippen LogP contribution in [0.1, 0.15) is 296 Å². The summed E-state index contributed by atoms with van der Waals surface area (Å²) in [7, 11) is 0. The Labute approximate surface area is 757 Å². The van der Waals surface area contributed by atoms with E-state index >= 15 is 0 Å². The van der Waals surface area contributed by atoms with Crippen molar-refractivity contribution >= 4 is 95.9 Å². The van der Waals surface area contributed by atoms with Crippen LogP contribution in [0.15, 0.2) is 48.6 Å². The zero-order chi connectivity index (χ0) is 94.2. The first kappa shape index (κ1) is 129. The van der Waals surface area contributed by atoms with Gasteiger partial charge >= 0.3 is 71.6 Å². The van der Waals surface area contributed by atoms with Crippen LogP contribution >= 0.6 is 24.2 Å². The van der Waals surface area contributed by atoms with E-state index in [0.29, 0.717) is 56.9 Å². The first-order valence-corrected chi connectivity index (χ1v) is 44.0. The molecule has 714 valence electrons. The fourth-order valence-corrected chi connectivity index (χ4v) is 13.1. The number of thiol groups is 1. The van der Waals surface area contributed by atoms with Gasteiger partial charge in [0, 0.05) is 50.0 Å². The van der Waals surface area contributed by atoms with Gasteiger partial charge in [-0.15, -0.1) is 11.6 Å². The third kappa shape index (κ3) is 49.6. The summed E-state index contributed by atoms with van der Waals surface area (Å²) in [5.74, 6) is -5.02. The molecule has 0 aliphatic heterocycles. The van der Waals surface area contributed by atoms with Crippen LogP contribution in [0, 0.1) is 21.7 Å². The van der Waals surface area contributed by atoms with Gasteiger partial charge < -0.3 is 96.4 Å². The molecule has 0 amide bonds. The van der Waals surface area contributed by atoms with Crippen molar-refractivity contribution in [3.05, 3.63) is 48.6 Å². The second-order valence-electron chi connectivity index (χ2n) is 33.6. The summed E-state index contributed by atoms with van der Waals surface area (Å²) in [4.78, 5) is 146. The van der Waals surface area contributed by atoms with Gasteiger partial charge in [-0.3, -0.25) is 28.8 Å². The number of rotatable bonds is 57. The summed E-state index contributed by atoms with van der Waals surface area (Å²) in [6.45, 7) is 66.3. The van der Waals surface area contributed by atoms with Crippen molar-refractivity contribution < 1.29 is 148 Å². The predicted molar refractivity (Wildman–Crippen MR) is 474 cm³/mol. The molecule has 0 aliphatic rings. The van der Waals surface area contributed by atoms with E-state index in [0.717, 1.165) is 45.0 Å². The number of quaternary nitrogens is 2. The molecule has 31 heteroatoms. The third-order valence-electron chi connectivity index (χ3n) is 21.9. The minimum absolute atomic E-state index is 0. The van der Waals surface area contributed by atoms with Crippen LogP contribution in [0.5, 0.6) is 0 Å². The van der Waals surface area contributed by atoms with Gasteiger partial charge in [0.2, 0.25) is 0 Å². The normalized spacial score (nSPS) is 12.8. The average molecular weight is 1820 g/mol. The second-order valence-corrected chi connectivity index (χ2v) is 35.0. The van der Waals surface area contributed by atoms with Crippen LogP contribution in [-0.2, 0) is 114 Å². The van der Waals surface area contributed by atoms with Crippen molar-refractivity contribution in [2.75, 3.05) is 124 Å². The number of ether oxygens (including phenoxy) is 12. The molecule has 0 aromatic heterocycles. The fraction of sp³-hybridized carbons (Fsp3) is 0.780. The largest absolute Gasteiger partial charge is 1.00 e. The maximum atomic E-state index is 14.2. The van der Waals surface area contributed by atoms with Crippen LogP contribution in [0.3, 0.4) is 0 Å². The Balaban J connectivity index is -0.000000327. The summed E-state index contributed by atoms with van der Waals surface area (Å²) in [5, 5.41) is 0. The Morgan fingerprint density at radius 1 is 0.303 bits per heavy atom. The molecule has 3 atom stereocenters. The van der Waals surface area contributed by atoms with Gasteiger partial charge in [-0.05, 0) is 175 Å². The lowest BCUT2D eigenvalue weighted by atomic mass is 9.63. The molecule has 0 spiro atoms. The molecular weight excluding hydrogens is 1660 g/mol. The molecule has 3 unspecified atom stereocenters. The molecule has 0 fully saturated rings. The van der Waals surface area contributed by atoms with E-state index in [4.69, 9.17) is 64.7 Å². The number of halogens is 3. The molecule has 0 radical (unpaired) electrons. The number of hydrogen-bond acceptors (Lipinski definition) is 26. The van der Waals surface area contributed by atoms with Crippen LogP contribution < -0.4 is 30.5 Å². The first-order valence-electron chi connectivity index (χ1n) is 43.0. The smallest absolute Gasteiger partial charge is 0.367 e. The number of likely N-dealkylation sites (N-methyl/N-ethyl adjacent to an activating group) is 2. The number of esters is 12. The van der Waals surface area contributed by atoms with Crippen molar-refractivity contribution in [1.82, 2.24) is 0 Å². The zero-order valence-corrected chi connectivity index (χ0v) is 83.3. The van der Waals surface area contributed by atoms with E-state index in [9.17, 15) is 57.5 Å². The minimum Gasteiger partial charge on any atom is -1.00 e. The number of unbranched alkanes of at least 4 members (excludes halogenated alkanes) is 9. The molecule has 0 saturated heterocycles. The average Bonchev–Trinajstić information content (AvgIpc) is 0.818. The standard InChI is InChI=1S/C43H79N2O12.C16H30NO4.C12H26S.C10H15ClO4.C10H14O4.2ClH/c1-16-23-42(14,36(50)56-26-24-52-32(46)38(8,9)44)31-43(15,37(51)57-29-28-54-34(48)40(12,17-2)18-3)30-41(13,19-4)35(49)55-27-25-53-33(47)39(10,11)45(20-5,21-6)22-7;1-8-17(9-2,10-3)16(6,7)15(19)21-12-11-20-14(18)13(4)5;1-2-3-4-5-6-7-8-9-10-11-12-13;1-7(2)8(12)14-5-6-15-9(13)10(3,4)11;1-7(2)9(11)13-5-6-14-10(12)8(3)4;;/h16-31,44H2,1-15H3;4,8-12H2,1-3,5-7H3;13H,2-12H2,1H3;1,5-6H2,2-4H3;1,3,5-6H2,2,4H3;2*1H/q2*+1;;;;;/p-2. The predicted octanol–water partition coefficient (Wildman–Crippen LogP) is 10.5. The Kier molecular flexibility index (Phi) is 69.9. The molecule has 0 aromatic rings. The van der Waals surface area contributed by atoms with Gasteiger partial charge in [0.15, 0.2) is 11.1 Å². The van der Waals surface area contributed by atoms with Gasteiger partial charge in [0.25, 0.3) is 0 Å². The summed E-state index contributed by atoms with van der Waals surface area (Å²) < 4.78 is 63.5. The molecule has 122 heavy (non-hydrogen) atoms. The number of hydrogen-bond donors (Lipinski definition) is 2. The van der Waals surface area contributed by atoms with Gasteiger partial charge in [-0.25, -0.2) is 28.8 Å². The quantitative estimate of drug-likeness (QED) is 0.0109. The molecular formula is C91H164Cl3N3O24S. The van der Waals surface area contributed by atoms with Gasteiger partial charge in [-0.1, -0.05) is 125 Å². The zero-order valence-electron chi connectivity index (χ0n) is 80.1. The Bertz CT molecular complexity index is 3100. The molecule has 0 rings (SSSR count). The summed E-state index contributed by atoms with van der Waals surface area (Å²) in [5.41, 5.74) is -0.159. The third-order valence-corrected chi connectivity index (χ3v) is 22.4. The Morgan fingerprint density at radius 2 is 0.525 bits per heavy atom. The number of alkyl halides is 1. The van der Waals surface area contributed by atoms with E-state index < -0.39 is 96.9 Å². The highest BCUT2D eigenvalue weighted by Crippen LogP contribution is 2.48. The van der Waals surface area contributed by atoms with Crippen molar-refractivity contribution in [3.63, 3.8) is 0 Å². The molecule has 0 aliphatic carbocycles. The Hall–Kier alpha value is -6.30. The fourth-order valence-electron chi connectivity index (χ4n) is 12.8. The monoisotopic (exact) mass is 1820 g/mol. The molecule has 0 bridgehead atoms. The lowest BCUT2D eigenvalue weighted by molar-refractivity contribution is -0.959. The maximum Gasteiger partial charge on any atom is 0.367 e. The first-order chi connectivity index (χ1) is 55.5. The van der Waals surface area contributed by atoms with Gasteiger partial charge in [-0.2, -0.15) is 12.6 Å². The highest BCUT2D eigenvalue weighted by molar-refractivity contribution is 7.80. The lowest BCUT2D eigenvalue weighted by Gasteiger charge is -2.46. The van der Waals surface area contributed by atoms with Crippen molar-refractivity contribution in [3.8, 4) is 0 Å². The van der Waals surface area contributed by atoms with E-state index in [1.165, 1.54) is 98.8 Å². The number of nitrogens with zero attached hydrogens (tertiary/aromatic N) is 2. The van der Waals surface area contributed by atoms with Crippen LogP contribution in [-0.4, -0.2) is 226 Å².